The number of primary amides is 1. The average molecular weight is 377 g/mol. The highest BCUT2D eigenvalue weighted by atomic mass is 16.1. The Labute approximate surface area is 164 Å². The fourth-order valence-corrected chi connectivity index (χ4v) is 3.80. The van der Waals surface area contributed by atoms with Crippen molar-refractivity contribution in [1.82, 2.24) is 19.6 Å². The number of carbonyl (C=O) groups is 1. The maximum Gasteiger partial charge on any atom is 0.222 e. The number of hydrogen-bond donors (Lipinski definition) is 3. The van der Waals surface area contributed by atoms with Crippen molar-refractivity contribution in [2.45, 2.75) is 38.3 Å². The molecule has 144 valence electrons. The molecule has 1 fully saturated rings. The second-order valence-corrected chi connectivity index (χ2v) is 7.35. The van der Waals surface area contributed by atoms with Crippen LogP contribution in [0.2, 0.25) is 0 Å². The fourth-order valence-electron chi connectivity index (χ4n) is 3.80. The number of nitrogens with two attached hydrogens (primary N) is 1. The van der Waals surface area contributed by atoms with E-state index in [0.29, 0.717) is 6.54 Å². The van der Waals surface area contributed by atoms with Gasteiger partial charge in [-0.1, -0.05) is 18.9 Å². The number of nitrogens with one attached hydrogen (secondary N) is 2. The summed E-state index contributed by atoms with van der Waals surface area (Å²) < 4.78 is 1.79. The Morgan fingerprint density at radius 1 is 1.32 bits per heavy atom. The molecular formula is C19H24BN7O. The molecule has 9 heteroatoms. The van der Waals surface area contributed by atoms with E-state index < -0.39 is 0 Å². The van der Waals surface area contributed by atoms with E-state index in [1.807, 2.05) is 32.2 Å². The zero-order valence-corrected chi connectivity index (χ0v) is 15.9. The number of hydrogen-bond acceptors (Lipinski definition) is 6. The molecule has 0 saturated heterocycles. The first-order chi connectivity index (χ1) is 13.6. The van der Waals surface area contributed by atoms with Crippen LogP contribution < -0.4 is 21.8 Å². The van der Waals surface area contributed by atoms with E-state index in [1.54, 1.807) is 16.9 Å². The molecule has 4 rings (SSSR count). The van der Waals surface area contributed by atoms with Gasteiger partial charge in [0.1, 0.15) is 19.5 Å². The van der Waals surface area contributed by atoms with E-state index in [-0.39, 0.29) is 17.9 Å². The molecule has 1 aliphatic rings. The van der Waals surface area contributed by atoms with Gasteiger partial charge in [-0.05, 0) is 29.9 Å². The van der Waals surface area contributed by atoms with Crippen molar-refractivity contribution >= 4 is 36.5 Å². The van der Waals surface area contributed by atoms with E-state index in [2.05, 4.69) is 20.7 Å². The fraction of sp³-hybridized carbons (Fsp3) is 0.368. The topological polar surface area (TPSA) is 110 Å². The Bertz CT molecular complexity index is 975. The van der Waals surface area contributed by atoms with Gasteiger partial charge in [0.05, 0.1) is 5.92 Å². The zero-order valence-electron chi connectivity index (χ0n) is 15.9. The summed E-state index contributed by atoms with van der Waals surface area (Å²) in [5.74, 6) is 1.15. The third-order valence-electron chi connectivity index (χ3n) is 5.31. The number of anilines is 2. The molecule has 0 aliphatic heterocycles. The highest BCUT2D eigenvalue weighted by Gasteiger charge is 2.29. The Morgan fingerprint density at radius 3 is 2.96 bits per heavy atom. The Kier molecular flexibility index (Phi) is 5.14. The lowest BCUT2D eigenvalue weighted by atomic mass is 9.84. The third-order valence-corrected chi connectivity index (χ3v) is 5.31. The van der Waals surface area contributed by atoms with Crippen LogP contribution in [0.25, 0.3) is 5.65 Å². The SMILES string of the molecule is Bc1cnn2c(NCc3cccnc3)cc(N[C@@H]3CCCC[C@@H]3C(N)=O)nc12. The molecule has 28 heavy (non-hydrogen) atoms. The van der Waals surface area contributed by atoms with Crippen molar-refractivity contribution in [3.63, 3.8) is 0 Å². The molecule has 8 nitrogen and oxygen atoms in total. The van der Waals surface area contributed by atoms with Crippen LogP contribution >= 0.6 is 0 Å². The molecule has 0 radical (unpaired) electrons. The molecule has 0 aromatic carbocycles. The van der Waals surface area contributed by atoms with Gasteiger partial charge < -0.3 is 16.4 Å². The van der Waals surface area contributed by atoms with Crippen LogP contribution in [0.1, 0.15) is 31.2 Å². The Hall–Kier alpha value is -3.10. The van der Waals surface area contributed by atoms with E-state index >= 15 is 0 Å². The molecule has 1 saturated carbocycles. The van der Waals surface area contributed by atoms with E-state index in [1.165, 1.54) is 0 Å². The van der Waals surface area contributed by atoms with E-state index in [9.17, 15) is 4.79 Å². The first kappa shape index (κ1) is 18.3. The summed E-state index contributed by atoms with van der Waals surface area (Å²) in [7, 11) is 1.98. The molecule has 3 aromatic heterocycles. The first-order valence-corrected chi connectivity index (χ1v) is 9.66. The molecule has 2 atom stereocenters. The van der Waals surface area contributed by atoms with Gasteiger partial charge in [-0.25, -0.2) is 4.98 Å². The minimum atomic E-state index is -0.242. The molecule has 1 aliphatic carbocycles. The van der Waals surface area contributed by atoms with E-state index in [4.69, 9.17) is 10.7 Å². The van der Waals surface area contributed by atoms with Crippen molar-refractivity contribution in [1.29, 1.82) is 0 Å². The number of nitrogens with zero attached hydrogens (tertiary/aromatic N) is 4. The molecule has 3 heterocycles. The second-order valence-electron chi connectivity index (χ2n) is 7.35. The number of aromatic nitrogens is 4. The van der Waals surface area contributed by atoms with Crippen molar-refractivity contribution in [3.8, 4) is 0 Å². The first-order valence-electron chi connectivity index (χ1n) is 9.66. The van der Waals surface area contributed by atoms with Gasteiger partial charge in [0.25, 0.3) is 0 Å². The normalized spacial score (nSPS) is 19.4. The van der Waals surface area contributed by atoms with Gasteiger partial charge in [0.15, 0.2) is 5.65 Å². The van der Waals surface area contributed by atoms with Crippen LogP contribution in [0.15, 0.2) is 36.8 Å². The van der Waals surface area contributed by atoms with Crippen LogP contribution in [0.3, 0.4) is 0 Å². The predicted molar refractivity (Wildman–Crippen MR) is 111 cm³/mol. The predicted octanol–water partition coefficient (Wildman–Crippen LogP) is 0.451. The number of carbonyl (C=O) groups excluding carboxylic acids is 1. The number of rotatable bonds is 6. The van der Waals surface area contributed by atoms with E-state index in [0.717, 1.165) is 54.0 Å². The van der Waals surface area contributed by atoms with Crippen molar-refractivity contribution in [2.24, 2.45) is 11.7 Å². The molecule has 4 N–H and O–H groups in total. The molecule has 0 unspecified atom stereocenters. The lowest BCUT2D eigenvalue weighted by Crippen LogP contribution is -2.40. The standard InChI is InChI=1S/C19H24BN7O/c20-14-11-24-27-17(23-10-12-4-3-7-22-9-12)8-16(26-19(14)27)25-15-6-2-1-5-13(15)18(21)28/h3-4,7-9,11,13,15,23H,1-2,5-6,10,20H2,(H2,21,28)(H,25,26)/t13-,15+/m0/s1. The summed E-state index contributed by atoms with van der Waals surface area (Å²) >= 11 is 0. The van der Waals surface area contributed by atoms with Crippen molar-refractivity contribution in [3.05, 3.63) is 42.4 Å². The van der Waals surface area contributed by atoms with Gasteiger partial charge in [0.2, 0.25) is 5.91 Å². The van der Waals surface area contributed by atoms with Gasteiger partial charge in [-0.15, -0.1) is 0 Å². The second kappa shape index (κ2) is 7.88. The Balaban J connectivity index is 1.61. The largest absolute Gasteiger partial charge is 0.369 e. The van der Waals surface area contributed by atoms with Gasteiger partial charge in [-0.2, -0.15) is 9.61 Å². The van der Waals surface area contributed by atoms with Gasteiger partial charge >= 0.3 is 0 Å². The molecule has 0 spiro atoms. The van der Waals surface area contributed by atoms with Crippen LogP contribution in [-0.2, 0) is 11.3 Å². The summed E-state index contributed by atoms with van der Waals surface area (Å²) in [6, 6.07) is 5.88. The Morgan fingerprint density at radius 2 is 2.18 bits per heavy atom. The maximum absolute atomic E-state index is 11.8. The van der Waals surface area contributed by atoms with Crippen LogP contribution in [0.4, 0.5) is 11.6 Å². The lowest BCUT2D eigenvalue weighted by molar-refractivity contribution is -0.122. The minimum Gasteiger partial charge on any atom is -0.369 e. The molecule has 1 amide bonds. The lowest BCUT2D eigenvalue weighted by Gasteiger charge is -2.30. The summed E-state index contributed by atoms with van der Waals surface area (Å²) in [6.07, 6.45) is 9.25. The maximum atomic E-state index is 11.8. The summed E-state index contributed by atoms with van der Waals surface area (Å²) in [6.45, 7) is 0.624. The molecule has 0 bridgehead atoms. The highest BCUT2D eigenvalue weighted by molar-refractivity contribution is 6.36. The number of fused-ring (bicyclic) bond motifs is 1. The quantitative estimate of drug-likeness (QED) is 0.538. The smallest absolute Gasteiger partial charge is 0.222 e. The van der Waals surface area contributed by atoms with Crippen molar-refractivity contribution in [2.75, 3.05) is 10.6 Å². The molecule has 3 aromatic rings. The average Bonchev–Trinajstić information content (AvgIpc) is 3.08. The van der Waals surface area contributed by atoms with Gasteiger partial charge in [-0.3, -0.25) is 9.78 Å². The van der Waals surface area contributed by atoms with Crippen molar-refractivity contribution < 1.29 is 4.79 Å². The third kappa shape index (κ3) is 3.78. The van der Waals surface area contributed by atoms with Crippen LogP contribution in [0.5, 0.6) is 0 Å². The summed E-state index contributed by atoms with van der Waals surface area (Å²) in [4.78, 5) is 20.7. The zero-order chi connectivity index (χ0) is 19.5. The highest BCUT2D eigenvalue weighted by Crippen LogP contribution is 2.27. The van der Waals surface area contributed by atoms with Gasteiger partial charge in [0, 0.05) is 37.2 Å². The minimum absolute atomic E-state index is 0.00982. The summed E-state index contributed by atoms with van der Waals surface area (Å²) in [5, 5.41) is 11.3. The van der Waals surface area contributed by atoms with Crippen LogP contribution in [0, 0.1) is 5.92 Å². The number of amides is 1. The van der Waals surface area contributed by atoms with Crippen LogP contribution in [-0.4, -0.2) is 39.4 Å². The monoisotopic (exact) mass is 377 g/mol. The summed E-state index contributed by atoms with van der Waals surface area (Å²) in [5.41, 5.74) is 8.47. The molecular weight excluding hydrogens is 353 g/mol. The number of pyridine rings is 1.